The van der Waals surface area contributed by atoms with Crippen molar-refractivity contribution >= 4 is 12.3 Å². The number of aliphatic hydroxyl groups excluding tert-OH is 3. The Balaban J connectivity index is 4.29. The van der Waals surface area contributed by atoms with E-state index in [1.54, 1.807) is 0 Å². The number of aldehydes is 1. The Bertz CT molecular complexity index is 276. The van der Waals surface area contributed by atoms with Gasteiger partial charge in [-0.3, -0.25) is 9.59 Å². The average molecular weight is 278 g/mol. The summed E-state index contributed by atoms with van der Waals surface area (Å²) in [7, 11) is 0. The Kier molecular flexibility index (Phi) is 9.27. The first kappa shape index (κ1) is 17.9. The van der Waals surface area contributed by atoms with Crippen molar-refractivity contribution in [2.45, 2.75) is 43.6 Å². The van der Waals surface area contributed by atoms with E-state index in [1.165, 1.54) is 0 Å². The van der Waals surface area contributed by atoms with Crippen LogP contribution in [0.2, 0.25) is 0 Å². The second-order valence-electron chi connectivity index (χ2n) is 4.17. The molecule has 0 aliphatic carbocycles. The molecule has 0 bridgehead atoms. The maximum absolute atomic E-state index is 11.5. The first-order chi connectivity index (χ1) is 8.97. The second-order valence-corrected chi connectivity index (χ2v) is 4.17. The van der Waals surface area contributed by atoms with Crippen molar-refractivity contribution in [1.29, 1.82) is 0 Å². The Morgan fingerprint density at radius 2 is 1.95 bits per heavy atom. The Morgan fingerprint density at radius 1 is 1.32 bits per heavy atom. The first-order valence-corrected chi connectivity index (χ1v) is 6.06. The number of unbranched alkanes of at least 4 members (excludes halogenated alkanes) is 1. The standard InChI is InChI=1S/C11H22N2O6/c12-4-2-1-3-7(13)11(18)19-9(6-15)10(17)8(16)5-14/h6-10,14,16-17H,1-5,12-13H2/t7-,8+,9-,10-/m0/s1. The highest BCUT2D eigenvalue weighted by Gasteiger charge is 2.30. The van der Waals surface area contributed by atoms with Gasteiger partial charge in [0.1, 0.15) is 18.2 Å². The molecule has 0 heterocycles. The fourth-order valence-electron chi connectivity index (χ4n) is 1.35. The molecule has 0 aliphatic rings. The van der Waals surface area contributed by atoms with E-state index < -0.39 is 36.9 Å². The van der Waals surface area contributed by atoms with Crippen molar-refractivity contribution in [3.05, 3.63) is 0 Å². The number of rotatable bonds is 10. The molecule has 0 spiro atoms. The third kappa shape index (κ3) is 6.60. The summed E-state index contributed by atoms with van der Waals surface area (Å²) in [6.07, 6.45) is -2.95. The van der Waals surface area contributed by atoms with Gasteiger partial charge in [0.15, 0.2) is 12.4 Å². The zero-order valence-electron chi connectivity index (χ0n) is 10.6. The van der Waals surface area contributed by atoms with Crippen LogP contribution in [0.4, 0.5) is 0 Å². The van der Waals surface area contributed by atoms with Crippen LogP contribution in [0.5, 0.6) is 0 Å². The first-order valence-electron chi connectivity index (χ1n) is 6.06. The highest BCUT2D eigenvalue weighted by atomic mass is 16.6. The fourth-order valence-corrected chi connectivity index (χ4v) is 1.35. The lowest BCUT2D eigenvalue weighted by atomic mass is 10.1. The van der Waals surface area contributed by atoms with Crippen molar-refractivity contribution in [2.24, 2.45) is 11.5 Å². The molecule has 0 aromatic rings. The smallest absolute Gasteiger partial charge is 0.323 e. The molecule has 8 nitrogen and oxygen atoms in total. The van der Waals surface area contributed by atoms with E-state index in [0.717, 1.165) is 0 Å². The van der Waals surface area contributed by atoms with Gasteiger partial charge in [0.2, 0.25) is 0 Å². The van der Waals surface area contributed by atoms with Crippen molar-refractivity contribution in [3.63, 3.8) is 0 Å². The van der Waals surface area contributed by atoms with Gasteiger partial charge in [-0.2, -0.15) is 0 Å². The number of aliphatic hydroxyl groups is 3. The van der Waals surface area contributed by atoms with Crippen molar-refractivity contribution in [2.75, 3.05) is 13.2 Å². The summed E-state index contributed by atoms with van der Waals surface area (Å²) in [6.45, 7) is -0.272. The molecular formula is C11H22N2O6. The summed E-state index contributed by atoms with van der Waals surface area (Å²) < 4.78 is 4.69. The Hall–Kier alpha value is -1.06. The van der Waals surface area contributed by atoms with Gasteiger partial charge in [-0.1, -0.05) is 6.42 Å². The van der Waals surface area contributed by atoms with Crippen LogP contribution in [0.1, 0.15) is 19.3 Å². The molecule has 0 unspecified atom stereocenters. The summed E-state index contributed by atoms with van der Waals surface area (Å²) in [6, 6.07) is -0.924. The number of carbonyl (C=O) groups is 2. The van der Waals surface area contributed by atoms with Crippen LogP contribution < -0.4 is 11.5 Å². The minimum atomic E-state index is -1.69. The Labute approximate surface area is 111 Å². The summed E-state index contributed by atoms with van der Waals surface area (Å²) in [5.41, 5.74) is 10.8. The highest BCUT2D eigenvalue weighted by Crippen LogP contribution is 2.06. The molecule has 112 valence electrons. The third-order valence-electron chi connectivity index (χ3n) is 2.58. The monoisotopic (exact) mass is 278 g/mol. The van der Waals surface area contributed by atoms with Gasteiger partial charge in [0.25, 0.3) is 0 Å². The molecule has 0 saturated carbocycles. The predicted molar refractivity (Wildman–Crippen MR) is 65.9 cm³/mol. The maximum Gasteiger partial charge on any atom is 0.323 e. The molecule has 8 heteroatoms. The van der Waals surface area contributed by atoms with Crippen LogP contribution in [0.25, 0.3) is 0 Å². The zero-order valence-corrected chi connectivity index (χ0v) is 10.6. The SMILES string of the molecule is NCCCC[C@H](N)C(=O)O[C@@H](C=O)[C@@H](O)[C@H](O)CO. The average Bonchev–Trinajstić information content (AvgIpc) is 2.42. The lowest BCUT2D eigenvalue weighted by Crippen LogP contribution is -2.45. The van der Waals surface area contributed by atoms with E-state index in [1.807, 2.05) is 0 Å². The maximum atomic E-state index is 11.5. The normalized spacial score (nSPS) is 17.3. The number of hydrogen-bond donors (Lipinski definition) is 5. The van der Waals surface area contributed by atoms with Crippen molar-refractivity contribution in [1.82, 2.24) is 0 Å². The zero-order chi connectivity index (χ0) is 14.8. The molecule has 4 atom stereocenters. The van der Waals surface area contributed by atoms with E-state index in [-0.39, 0.29) is 6.29 Å². The van der Waals surface area contributed by atoms with E-state index in [4.69, 9.17) is 26.4 Å². The second kappa shape index (κ2) is 9.82. The number of nitrogens with two attached hydrogens (primary N) is 2. The number of carbonyl (C=O) groups excluding carboxylic acids is 2. The van der Waals surface area contributed by atoms with E-state index in [0.29, 0.717) is 25.8 Å². The quantitative estimate of drug-likeness (QED) is 0.164. The Morgan fingerprint density at radius 3 is 2.42 bits per heavy atom. The predicted octanol–water partition coefficient (Wildman–Crippen LogP) is -2.73. The molecule has 0 aromatic carbocycles. The number of esters is 1. The summed E-state index contributed by atoms with van der Waals surface area (Å²) in [4.78, 5) is 22.2. The lowest BCUT2D eigenvalue weighted by Gasteiger charge is -2.22. The molecule has 0 amide bonds. The van der Waals surface area contributed by atoms with Crippen LogP contribution >= 0.6 is 0 Å². The topological polar surface area (TPSA) is 156 Å². The molecule has 0 saturated heterocycles. The van der Waals surface area contributed by atoms with Gasteiger partial charge < -0.3 is 31.5 Å². The van der Waals surface area contributed by atoms with Crippen LogP contribution in [-0.2, 0) is 14.3 Å². The molecular weight excluding hydrogens is 256 g/mol. The van der Waals surface area contributed by atoms with Gasteiger partial charge in [-0.25, -0.2) is 0 Å². The van der Waals surface area contributed by atoms with E-state index in [9.17, 15) is 14.7 Å². The minimum absolute atomic E-state index is 0.175. The number of hydrogen-bond acceptors (Lipinski definition) is 8. The van der Waals surface area contributed by atoms with E-state index in [2.05, 4.69) is 0 Å². The molecule has 19 heavy (non-hydrogen) atoms. The van der Waals surface area contributed by atoms with Gasteiger partial charge in [-0.15, -0.1) is 0 Å². The van der Waals surface area contributed by atoms with Crippen molar-refractivity contribution < 1.29 is 29.6 Å². The van der Waals surface area contributed by atoms with Gasteiger partial charge in [0.05, 0.1) is 6.61 Å². The molecule has 7 N–H and O–H groups in total. The summed E-state index contributed by atoms with van der Waals surface area (Å²) >= 11 is 0. The van der Waals surface area contributed by atoms with Gasteiger partial charge >= 0.3 is 5.97 Å². The van der Waals surface area contributed by atoms with E-state index >= 15 is 0 Å². The van der Waals surface area contributed by atoms with Crippen LogP contribution in [0.15, 0.2) is 0 Å². The lowest BCUT2D eigenvalue weighted by molar-refractivity contribution is -0.165. The minimum Gasteiger partial charge on any atom is -0.451 e. The van der Waals surface area contributed by atoms with Crippen LogP contribution in [-0.4, -0.2) is 65.1 Å². The van der Waals surface area contributed by atoms with Crippen LogP contribution in [0, 0.1) is 0 Å². The largest absolute Gasteiger partial charge is 0.451 e. The molecule has 0 radical (unpaired) electrons. The third-order valence-corrected chi connectivity index (χ3v) is 2.58. The summed E-state index contributed by atoms with van der Waals surface area (Å²) in [5, 5.41) is 27.2. The summed E-state index contributed by atoms with van der Waals surface area (Å²) in [5.74, 6) is -0.849. The fraction of sp³-hybridized carbons (Fsp3) is 0.818. The number of ether oxygens (including phenoxy) is 1. The van der Waals surface area contributed by atoms with Gasteiger partial charge in [0, 0.05) is 0 Å². The molecule has 0 aliphatic heterocycles. The van der Waals surface area contributed by atoms with Gasteiger partial charge in [-0.05, 0) is 19.4 Å². The van der Waals surface area contributed by atoms with Crippen molar-refractivity contribution in [3.8, 4) is 0 Å². The molecule has 0 rings (SSSR count). The highest BCUT2D eigenvalue weighted by molar-refractivity contribution is 5.77. The molecule has 0 fully saturated rings. The molecule has 0 aromatic heterocycles. The van der Waals surface area contributed by atoms with Crippen LogP contribution in [0.3, 0.4) is 0 Å².